The number of ether oxygens (including phenoxy) is 2. The van der Waals surface area contributed by atoms with E-state index in [0.29, 0.717) is 13.1 Å². The smallest absolute Gasteiger partial charge is 0.410 e. The monoisotopic (exact) mass is 361 g/mol. The number of fused-ring (bicyclic) bond motifs is 1. The first-order chi connectivity index (χ1) is 12.2. The molecular formula is C19H27N3O4. The molecule has 142 valence electrons. The van der Waals surface area contributed by atoms with E-state index in [4.69, 9.17) is 9.47 Å². The number of carbonyl (C=O) groups is 2. The van der Waals surface area contributed by atoms with E-state index in [-0.39, 0.29) is 36.8 Å². The Morgan fingerprint density at radius 2 is 1.96 bits per heavy atom. The highest BCUT2D eigenvalue weighted by Crippen LogP contribution is 2.25. The molecule has 1 aromatic rings. The summed E-state index contributed by atoms with van der Waals surface area (Å²) in [5.41, 5.74) is 3.82. The van der Waals surface area contributed by atoms with Crippen molar-refractivity contribution in [1.82, 2.24) is 15.3 Å². The maximum absolute atomic E-state index is 12.4. The fraction of sp³-hybridized carbons (Fsp3) is 0.579. The van der Waals surface area contributed by atoms with E-state index < -0.39 is 5.60 Å². The molecule has 0 unspecified atom stereocenters. The lowest BCUT2D eigenvalue weighted by Crippen LogP contribution is -2.60. The molecule has 2 aliphatic rings. The number of rotatable bonds is 3. The van der Waals surface area contributed by atoms with Crippen LogP contribution in [0.15, 0.2) is 30.3 Å². The molecule has 26 heavy (non-hydrogen) atoms. The zero-order valence-electron chi connectivity index (χ0n) is 15.8. The fourth-order valence-electron chi connectivity index (χ4n) is 3.27. The van der Waals surface area contributed by atoms with Crippen LogP contribution in [0, 0.1) is 0 Å². The van der Waals surface area contributed by atoms with Crippen LogP contribution < -0.4 is 5.43 Å². The van der Waals surface area contributed by atoms with Gasteiger partial charge in [0.2, 0.25) is 0 Å². The van der Waals surface area contributed by atoms with Gasteiger partial charge in [-0.15, -0.1) is 0 Å². The summed E-state index contributed by atoms with van der Waals surface area (Å²) in [6, 6.07) is 9.67. The minimum absolute atomic E-state index is 0.0117. The molecule has 1 N–H and O–H groups in total. The van der Waals surface area contributed by atoms with Crippen molar-refractivity contribution in [2.24, 2.45) is 0 Å². The first-order valence-corrected chi connectivity index (χ1v) is 8.97. The number of nitrogens with zero attached hydrogens (tertiary/aromatic N) is 2. The minimum Gasteiger partial charge on any atom is -0.444 e. The molecule has 0 radical (unpaired) electrons. The number of hydrogen-bond donors (Lipinski definition) is 1. The molecule has 2 heterocycles. The summed E-state index contributed by atoms with van der Waals surface area (Å²) in [5, 5.41) is 1.64. The van der Waals surface area contributed by atoms with Crippen LogP contribution >= 0.6 is 0 Å². The topological polar surface area (TPSA) is 71.1 Å². The average molecular weight is 361 g/mol. The van der Waals surface area contributed by atoms with Crippen molar-refractivity contribution in [3.05, 3.63) is 35.9 Å². The lowest BCUT2D eigenvalue weighted by atomic mass is 10.1. The van der Waals surface area contributed by atoms with Crippen LogP contribution in [0.3, 0.4) is 0 Å². The molecule has 1 aromatic carbocycles. The largest absolute Gasteiger partial charge is 0.444 e. The average Bonchev–Trinajstić information content (AvgIpc) is 3.01. The lowest BCUT2D eigenvalue weighted by molar-refractivity contribution is -0.159. The molecule has 2 fully saturated rings. The second-order valence-corrected chi connectivity index (χ2v) is 7.83. The van der Waals surface area contributed by atoms with Crippen LogP contribution in [0.2, 0.25) is 0 Å². The van der Waals surface area contributed by atoms with E-state index in [1.165, 1.54) is 0 Å². The molecule has 0 saturated carbocycles. The van der Waals surface area contributed by atoms with E-state index in [1.807, 2.05) is 58.0 Å². The van der Waals surface area contributed by atoms with Gasteiger partial charge in [-0.2, -0.15) is 0 Å². The first-order valence-electron chi connectivity index (χ1n) is 8.97. The quantitative estimate of drug-likeness (QED) is 0.893. The van der Waals surface area contributed by atoms with E-state index in [0.717, 1.165) is 5.56 Å². The number of amides is 2. The Hall–Kier alpha value is -2.12. The summed E-state index contributed by atoms with van der Waals surface area (Å²) < 4.78 is 11.1. The number of morpholine rings is 1. The maximum atomic E-state index is 12.4. The zero-order chi connectivity index (χ0) is 18.9. The SMILES string of the molecule is C[C@@H](NN1C(=O)CO[C@@H]2CN(C(=O)OC(C)(C)C)C[C@@H]21)c1ccccc1. The van der Waals surface area contributed by atoms with Crippen LogP contribution in [0.1, 0.15) is 39.3 Å². The Morgan fingerprint density at radius 1 is 1.27 bits per heavy atom. The van der Waals surface area contributed by atoms with Crippen molar-refractivity contribution >= 4 is 12.0 Å². The molecular weight excluding hydrogens is 334 g/mol. The van der Waals surface area contributed by atoms with Gasteiger partial charge < -0.3 is 14.4 Å². The summed E-state index contributed by atoms with van der Waals surface area (Å²) in [5.74, 6) is -0.125. The molecule has 0 aromatic heterocycles. The summed E-state index contributed by atoms with van der Waals surface area (Å²) in [6.07, 6.45) is -0.588. The van der Waals surface area contributed by atoms with Crippen molar-refractivity contribution in [3.8, 4) is 0 Å². The predicted octanol–water partition coefficient (Wildman–Crippen LogP) is 2.10. The highest BCUT2D eigenvalue weighted by atomic mass is 16.6. The Labute approximate surface area is 154 Å². The van der Waals surface area contributed by atoms with Crippen molar-refractivity contribution in [2.75, 3.05) is 19.7 Å². The van der Waals surface area contributed by atoms with E-state index in [2.05, 4.69) is 5.43 Å². The van der Waals surface area contributed by atoms with Gasteiger partial charge in [-0.1, -0.05) is 30.3 Å². The highest BCUT2D eigenvalue weighted by molar-refractivity contribution is 5.78. The van der Waals surface area contributed by atoms with E-state index in [9.17, 15) is 9.59 Å². The summed E-state index contributed by atoms with van der Waals surface area (Å²) in [7, 11) is 0. The predicted molar refractivity (Wildman–Crippen MR) is 96.2 cm³/mol. The molecule has 7 nitrogen and oxygen atoms in total. The Morgan fingerprint density at radius 3 is 2.62 bits per heavy atom. The lowest BCUT2D eigenvalue weighted by Gasteiger charge is -2.38. The summed E-state index contributed by atoms with van der Waals surface area (Å²) >= 11 is 0. The standard InChI is InChI=1S/C19H27N3O4/c1-13(14-8-6-5-7-9-14)20-22-15-10-21(18(24)26-19(2,3)4)11-16(15)25-12-17(22)23/h5-9,13,15-16,20H,10-12H2,1-4H3/t13-,15+,16-/m1/s1. The molecule has 2 aliphatic heterocycles. The Bertz CT molecular complexity index is 658. The van der Waals surface area contributed by atoms with Crippen LogP contribution in [-0.4, -0.2) is 59.4 Å². The van der Waals surface area contributed by atoms with Gasteiger partial charge in [0.1, 0.15) is 12.2 Å². The minimum atomic E-state index is -0.554. The van der Waals surface area contributed by atoms with Gasteiger partial charge in [-0.05, 0) is 33.3 Å². The highest BCUT2D eigenvalue weighted by Gasteiger charge is 2.46. The number of likely N-dealkylation sites (tertiary alicyclic amines) is 1. The van der Waals surface area contributed by atoms with Crippen LogP contribution in [0.4, 0.5) is 4.79 Å². The van der Waals surface area contributed by atoms with Crippen LogP contribution in [0.5, 0.6) is 0 Å². The Kier molecular flexibility index (Phi) is 5.20. The molecule has 3 rings (SSSR count). The fourth-order valence-corrected chi connectivity index (χ4v) is 3.27. The normalized spacial score (nSPS) is 24.4. The van der Waals surface area contributed by atoms with Gasteiger partial charge in [0.05, 0.1) is 18.7 Å². The van der Waals surface area contributed by atoms with E-state index >= 15 is 0 Å². The molecule has 0 bridgehead atoms. The third-order valence-electron chi connectivity index (χ3n) is 4.54. The van der Waals surface area contributed by atoms with Gasteiger partial charge in [0.15, 0.2) is 0 Å². The summed E-state index contributed by atoms with van der Waals surface area (Å²) in [4.78, 5) is 26.4. The van der Waals surface area contributed by atoms with Gasteiger partial charge in [0, 0.05) is 12.6 Å². The molecule has 7 heteroatoms. The van der Waals surface area contributed by atoms with Gasteiger partial charge >= 0.3 is 6.09 Å². The van der Waals surface area contributed by atoms with Crippen LogP contribution in [-0.2, 0) is 14.3 Å². The Balaban J connectivity index is 1.69. The second kappa shape index (κ2) is 7.25. The maximum Gasteiger partial charge on any atom is 0.410 e. The van der Waals surface area contributed by atoms with E-state index in [1.54, 1.807) is 9.91 Å². The first kappa shape index (κ1) is 18.7. The molecule has 0 aliphatic carbocycles. The third kappa shape index (κ3) is 4.16. The van der Waals surface area contributed by atoms with Gasteiger partial charge in [-0.25, -0.2) is 10.2 Å². The van der Waals surface area contributed by atoms with Crippen molar-refractivity contribution < 1.29 is 19.1 Å². The van der Waals surface area contributed by atoms with Gasteiger partial charge in [-0.3, -0.25) is 9.80 Å². The van der Waals surface area contributed by atoms with Crippen molar-refractivity contribution in [2.45, 2.75) is 51.5 Å². The number of hydrogen-bond acceptors (Lipinski definition) is 5. The number of benzene rings is 1. The molecule has 0 spiro atoms. The second-order valence-electron chi connectivity index (χ2n) is 7.83. The zero-order valence-corrected chi connectivity index (χ0v) is 15.8. The van der Waals surface area contributed by atoms with Crippen molar-refractivity contribution in [3.63, 3.8) is 0 Å². The third-order valence-corrected chi connectivity index (χ3v) is 4.54. The van der Waals surface area contributed by atoms with Crippen molar-refractivity contribution in [1.29, 1.82) is 0 Å². The number of carbonyl (C=O) groups excluding carboxylic acids is 2. The molecule has 3 atom stereocenters. The van der Waals surface area contributed by atoms with Gasteiger partial charge in [0.25, 0.3) is 5.91 Å². The van der Waals surface area contributed by atoms with Crippen LogP contribution in [0.25, 0.3) is 0 Å². The molecule has 2 amide bonds. The number of nitrogens with one attached hydrogen (secondary N) is 1. The summed E-state index contributed by atoms with van der Waals surface area (Å²) in [6.45, 7) is 8.34. The number of hydrazine groups is 1. The molecule has 2 saturated heterocycles.